The second-order valence-corrected chi connectivity index (χ2v) is 6.29. The first kappa shape index (κ1) is 14.8. The number of halogens is 1. The predicted molar refractivity (Wildman–Crippen MR) is 77.2 cm³/mol. The van der Waals surface area contributed by atoms with Gasteiger partial charge in [0.05, 0.1) is 17.3 Å². The number of nitrogens with zero attached hydrogens (tertiary/aromatic N) is 1. The van der Waals surface area contributed by atoms with Crippen molar-refractivity contribution >= 4 is 27.3 Å². The minimum Gasteiger partial charge on any atom is -0.392 e. The molecule has 20 heavy (non-hydrogen) atoms. The lowest BCUT2D eigenvalue weighted by Crippen LogP contribution is -2.15. The van der Waals surface area contributed by atoms with Crippen molar-refractivity contribution in [3.05, 3.63) is 52.7 Å². The summed E-state index contributed by atoms with van der Waals surface area (Å²) in [5.74, 6) is 0. The molecule has 0 saturated heterocycles. The average Bonchev–Trinajstić information content (AvgIpc) is 2.43. The highest BCUT2D eigenvalue weighted by atomic mass is 35.5. The molecule has 1 heterocycles. The van der Waals surface area contributed by atoms with E-state index in [2.05, 4.69) is 9.71 Å². The molecule has 1 aromatic carbocycles. The van der Waals surface area contributed by atoms with Gasteiger partial charge in [-0.3, -0.25) is 4.72 Å². The van der Waals surface area contributed by atoms with E-state index in [0.29, 0.717) is 16.3 Å². The highest BCUT2D eigenvalue weighted by Gasteiger charge is 2.17. The summed E-state index contributed by atoms with van der Waals surface area (Å²) in [4.78, 5) is 3.82. The van der Waals surface area contributed by atoms with Crippen LogP contribution in [0.5, 0.6) is 0 Å². The number of nitrogens with one attached hydrogen (secondary N) is 1. The maximum atomic E-state index is 12.2. The van der Waals surface area contributed by atoms with Crippen LogP contribution in [-0.2, 0) is 16.6 Å². The summed E-state index contributed by atoms with van der Waals surface area (Å²) in [6.07, 6.45) is 1.31. The summed E-state index contributed by atoms with van der Waals surface area (Å²) in [5, 5.41) is 9.09. The van der Waals surface area contributed by atoms with Gasteiger partial charge in [0.1, 0.15) is 0 Å². The van der Waals surface area contributed by atoms with Crippen molar-refractivity contribution < 1.29 is 13.5 Å². The second kappa shape index (κ2) is 5.78. The molecule has 0 radical (unpaired) electrons. The summed E-state index contributed by atoms with van der Waals surface area (Å²) in [7, 11) is -3.80. The Morgan fingerprint density at radius 3 is 2.65 bits per heavy atom. The van der Waals surface area contributed by atoms with Gasteiger partial charge in [-0.2, -0.15) is 8.42 Å². The van der Waals surface area contributed by atoms with Crippen LogP contribution in [0.15, 0.2) is 41.6 Å². The molecule has 2 rings (SSSR count). The van der Waals surface area contributed by atoms with Crippen molar-refractivity contribution in [2.45, 2.75) is 18.6 Å². The lowest BCUT2D eigenvalue weighted by molar-refractivity contribution is 0.281. The van der Waals surface area contributed by atoms with Crippen LogP contribution in [0, 0.1) is 6.92 Å². The van der Waals surface area contributed by atoms with Gasteiger partial charge >= 0.3 is 0 Å². The number of aromatic nitrogens is 1. The third-order valence-corrected chi connectivity index (χ3v) is 4.23. The molecule has 1 aromatic heterocycles. The Labute approximate surface area is 122 Å². The molecule has 0 bridgehead atoms. The van der Waals surface area contributed by atoms with Gasteiger partial charge in [0.25, 0.3) is 10.0 Å². The molecule has 7 heteroatoms. The fourth-order valence-electron chi connectivity index (χ4n) is 1.58. The Morgan fingerprint density at radius 2 is 2.05 bits per heavy atom. The van der Waals surface area contributed by atoms with Gasteiger partial charge in [0.2, 0.25) is 0 Å². The van der Waals surface area contributed by atoms with Gasteiger partial charge in [-0.25, -0.2) is 4.98 Å². The molecule has 2 aromatic rings. The smallest absolute Gasteiger partial charge is 0.279 e. The van der Waals surface area contributed by atoms with Gasteiger partial charge in [0, 0.05) is 6.20 Å². The molecule has 0 aliphatic carbocycles. The normalized spacial score (nSPS) is 11.3. The number of benzene rings is 1. The van der Waals surface area contributed by atoms with E-state index < -0.39 is 10.0 Å². The Morgan fingerprint density at radius 1 is 1.30 bits per heavy atom. The predicted octanol–water partition coefficient (Wildman–Crippen LogP) is 2.34. The van der Waals surface area contributed by atoms with Crippen molar-refractivity contribution in [2.24, 2.45) is 0 Å². The van der Waals surface area contributed by atoms with Crippen LogP contribution in [0.3, 0.4) is 0 Å². The first-order valence-corrected chi connectivity index (χ1v) is 7.63. The van der Waals surface area contributed by atoms with Gasteiger partial charge < -0.3 is 5.11 Å². The molecule has 106 valence electrons. The molecule has 5 nitrogen and oxygen atoms in total. The summed E-state index contributed by atoms with van der Waals surface area (Å²) in [6.45, 7) is 1.65. The number of pyridine rings is 1. The lowest BCUT2D eigenvalue weighted by atomic mass is 10.2. The van der Waals surface area contributed by atoms with Gasteiger partial charge in [-0.1, -0.05) is 23.7 Å². The summed E-state index contributed by atoms with van der Waals surface area (Å²) < 4.78 is 26.7. The number of rotatable bonds is 4. The number of hydrogen-bond donors (Lipinski definition) is 2. The zero-order chi connectivity index (χ0) is 14.8. The van der Waals surface area contributed by atoms with Crippen LogP contribution in [0.2, 0.25) is 5.02 Å². The first-order chi connectivity index (χ1) is 9.42. The van der Waals surface area contributed by atoms with Crippen LogP contribution < -0.4 is 4.72 Å². The molecule has 0 aliphatic heterocycles. The molecular formula is C13H13ClN2O3S. The van der Waals surface area contributed by atoms with Crippen LogP contribution >= 0.6 is 11.6 Å². The third-order valence-electron chi connectivity index (χ3n) is 2.62. The van der Waals surface area contributed by atoms with E-state index in [4.69, 9.17) is 16.7 Å². The molecule has 0 unspecified atom stereocenters. The molecular weight excluding hydrogens is 300 g/mol. The average molecular weight is 313 g/mol. The quantitative estimate of drug-likeness (QED) is 0.908. The zero-order valence-electron chi connectivity index (χ0n) is 10.7. The van der Waals surface area contributed by atoms with Gasteiger partial charge in [0.15, 0.2) is 5.03 Å². The van der Waals surface area contributed by atoms with Crippen molar-refractivity contribution in [3.8, 4) is 0 Å². The van der Waals surface area contributed by atoms with Crippen molar-refractivity contribution in [2.75, 3.05) is 4.72 Å². The molecule has 0 amide bonds. The topological polar surface area (TPSA) is 79.3 Å². The van der Waals surface area contributed by atoms with E-state index >= 15 is 0 Å². The third kappa shape index (κ3) is 3.27. The van der Waals surface area contributed by atoms with Crippen LogP contribution in [-0.4, -0.2) is 18.5 Å². The number of aliphatic hydroxyl groups excluding tert-OH is 1. The second-order valence-electron chi connectivity index (χ2n) is 4.25. The molecule has 0 saturated carbocycles. The standard InChI is InChI=1S/C13H13ClN2O3S/c1-9-2-4-11(14)12(6-9)16-20(18,19)13-5-3-10(8-17)7-15-13/h2-7,16-17H,8H2,1H3. The minimum atomic E-state index is -3.80. The SMILES string of the molecule is Cc1ccc(Cl)c(NS(=O)(=O)c2ccc(CO)cn2)c1. The summed E-state index contributed by atoms with van der Waals surface area (Å²) in [6, 6.07) is 7.88. The largest absolute Gasteiger partial charge is 0.392 e. The zero-order valence-corrected chi connectivity index (χ0v) is 12.2. The Kier molecular flexibility index (Phi) is 4.27. The minimum absolute atomic E-state index is 0.132. The maximum Gasteiger partial charge on any atom is 0.279 e. The van der Waals surface area contributed by atoms with Crippen LogP contribution in [0.4, 0.5) is 5.69 Å². The van der Waals surface area contributed by atoms with Gasteiger partial charge in [-0.05, 0) is 36.2 Å². The summed E-state index contributed by atoms with van der Waals surface area (Å²) >= 11 is 5.96. The molecule has 0 fully saturated rings. The molecule has 0 atom stereocenters. The number of aryl methyl sites for hydroxylation is 1. The lowest BCUT2D eigenvalue weighted by Gasteiger charge is -2.10. The number of aliphatic hydroxyl groups is 1. The number of sulfonamides is 1. The van der Waals surface area contributed by atoms with Crippen molar-refractivity contribution in [1.82, 2.24) is 4.98 Å². The van der Waals surface area contributed by atoms with E-state index in [9.17, 15) is 8.42 Å². The fourth-order valence-corrected chi connectivity index (χ4v) is 2.80. The Bertz CT molecular complexity index is 715. The van der Waals surface area contributed by atoms with Crippen molar-refractivity contribution in [3.63, 3.8) is 0 Å². The molecule has 0 aliphatic rings. The van der Waals surface area contributed by atoms with E-state index in [1.165, 1.54) is 18.3 Å². The molecule has 2 N–H and O–H groups in total. The highest BCUT2D eigenvalue weighted by molar-refractivity contribution is 7.92. The fraction of sp³-hybridized carbons (Fsp3) is 0.154. The van der Waals surface area contributed by atoms with E-state index in [1.807, 2.05) is 6.92 Å². The maximum absolute atomic E-state index is 12.2. The van der Waals surface area contributed by atoms with E-state index in [1.54, 1.807) is 18.2 Å². The van der Waals surface area contributed by atoms with Crippen molar-refractivity contribution in [1.29, 1.82) is 0 Å². The van der Waals surface area contributed by atoms with Crippen LogP contribution in [0.25, 0.3) is 0 Å². The number of anilines is 1. The Balaban J connectivity index is 2.32. The van der Waals surface area contributed by atoms with Crippen LogP contribution in [0.1, 0.15) is 11.1 Å². The first-order valence-electron chi connectivity index (χ1n) is 5.77. The number of hydrogen-bond acceptors (Lipinski definition) is 4. The van der Waals surface area contributed by atoms with E-state index in [0.717, 1.165) is 5.56 Å². The Hall–Kier alpha value is -1.63. The summed E-state index contributed by atoms with van der Waals surface area (Å²) in [5.41, 5.74) is 1.73. The highest BCUT2D eigenvalue weighted by Crippen LogP contribution is 2.25. The molecule has 0 spiro atoms. The van der Waals surface area contributed by atoms with E-state index in [-0.39, 0.29) is 11.6 Å². The monoisotopic (exact) mass is 312 g/mol. The van der Waals surface area contributed by atoms with Gasteiger partial charge in [-0.15, -0.1) is 0 Å².